The van der Waals surface area contributed by atoms with Gasteiger partial charge in [0.15, 0.2) is 0 Å². The maximum absolute atomic E-state index is 2.37. The minimum Gasteiger partial charge on any atom is -0.146 e. The van der Waals surface area contributed by atoms with Crippen molar-refractivity contribution in [3.63, 3.8) is 0 Å². The average Bonchev–Trinajstić information content (AvgIpc) is 2.89. The molecule has 0 saturated heterocycles. The molecule has 3 heteroatoms. The third-order valence-corrected chi connectivity index (χ3v) is 6.12. The maximum Gasteiger partial charge on any atom is 0.0456 e. The van der Waals surface area contributed by atoms with Crippen molar-refractivity contribution >= 4 is 43.4 Å². The fourth-order valence-corrected chi connectivity index (χ4v) is 5.23. The van der Waals surface area contributed by atoms with E-state index < -0.39 is 0 Å². The van der Waals surface area contributed by atoms with E-state index in [-0.39, 0.29) is 0 Å². The first-order chi connectivity index (χ1) is 8.20. The number of hydrogen-bond acceptors (Lipinski definition) is 3. The molecule has 0 bridgehead atoms. The van der Waals surface area contributed by atoms with Gasteiger partial charge in [-0.05, 0) is 51.0 Å². The highest BCUT2D eigenvalue weighted by Gasteiger charge is 2.05. The maximum atomic E-state index is 2.37. The Bertz CT molecular complexity index is 608. The van der Waals surface area contributed by atoms with E-state index >= 15 is 0 Å². The van der Waals surface area contributed by atoms with Gasteiger partial charge in [0.1, 0.15) is 0 Å². The van der Waals surface area contributed by atoms with E-state index in [9.17, 15) is 0 Å². The van der Waals surface area contributed by atoms with Crippen molar-refractivity contribution in [2.75, 3.05) is 0 Å². The minimum atomic E-state index is 1.19. The molecule has 0 amide bonds. The molecule has 0 saturated carbocycles. The summed E-state index contributed by atoms with van der Waals surface area (Å²) < 4.78 is 2.93. The molecule has 0 unspecified atom stereocenters. The first-order valence-corrected chi connectivity index (χ1v) is 8.20. The summed E-state index contributed by atoms with van der Waals surface area (Å²) in [7, 11) is 0. The van der Waals surface area contributed by atoms with Gasteiger partial charge in [-0.25, -0.2) is 0 Å². The van der Waals surface area contributed by atoms with Crippen LogP contribution in [0.25, 0.3) is 9.40 Å². The minimum absolute atomic E-state index is 1.19. The molecule has 3 heterocycles. The van der Waals surface area contributed by atoms with E-state index in [4.69, 9.17) is 0 Å². The molecule has 0 nitrogen and oxygen atoms in total. The Morgan fingerprint density at radius 1 is 0.765 bits per heavy atom. The fourth-order valence-electron chi connectivity index (χ4n) is 2.00. The summed E-state index contributed by atoms with van der Waals surface area (Å²) in [6.07, 6.45) is 2.37. The normalized spacial score (nSPS) is 11.4. The predicted octanol–water partition coefficient (Wildman–Crippen LogP) is 5.43. The van der Waals surface area contributed by atoms with E-state index in [0.717, 1.165) is 0 Å². The first kappa shape index (κ1) is 11.5. The largest absolute Gasteiger partial charge is 0.146 e. The predicted molar refractivity (Wildman–Crippen MR) is 80.9 cm³/mol. The van der Waals surface area contributed by atoms with Crippen LogP contribution in [0.5, 0.6) is 0 Å². The summed E-state index contributed by atoms with van der Waals surface area (Å²) in [6.45, 7) is 4.36. The molecule has 0 aliphatic heterocycles. The van der Waals surface area contributed by atoms with Gasteiger partial charge in [0.25, 0.3) is 0 Å². The summed E-state index contributed by atoms with van der Waals surface area (Å²) in [5.41, 5.74) is 0. The van der Waals surface area contributed by atoms with Gasteiger partial charge < -0.3 is 0 Å². The number of rotatable bonds is 3. The molecular weight excluding hydrogens is 264 g/mol. The number of fused-ring (bicyclic) bond motifs is 1. The van der Waals surface area contributed by atoms with Gasteiger partial charge in [-0.3, -0.25) is 0 Å². The average molecular weight is 278 g/mol. The van der Waals surface area contributed by atoms with Crippen molar-refractivity contribution in [2.24, 2.45) is 0 Å². The summed E-state index contributed by atoms with van der Waals surface area (Å²) >= 11 is 5.80. The summed E-state index contributed by atoms with van der Waals surface area (Å²) in [6, 6.07) is 9.16. The molecule has 0 aromatic carbocycles. The van der Waals surface area contributed by atoms with E-state index in [1.807, 2.05) is 34.0 Å². The molecule has 0 aliphatic rings. The van der Waals surface area contributed by atoms with Crippen LogP contribution in [-0.4, -0.2) is 0 Å². The zero-order chi connectivity index (χ0) is 11.8. The van der Waals surface area contributed by atoms with Gasteiger partial charge in [0.2, 0.25) is 0 Å². The Morgan fingerprint density at radius 3 is 2.24 bits per heavy atom. The quantitative estimate of drug-likeness (QED) is 0.599. The SMILES string of the molecule is Cc1ccc(CCc2cc3sc(C)cc3s2)s1. The van der Waals surface area contributed by atoms with Crippen LogP contribution in [0.2, 0.25) is 0 Å². The standard InChI is InChI=1S/C14H14S3/c1-9-3-4-11(15-9)5-6-12-8-14-13(17-12)7-10(2)16-14/h3-4,7-8H,5-6H2,1-2H3. The van der Waals surface area contributed by atoms with Crippen molar-refractivity contribution in [1.82, 2.24) is 0 Å². The van der Waals surface area contributed by atoms with Gasteiger partial charge >= 0.3 is 0 Å². The lowest BCUT2D eigenvalue weighted by atomic mass is 10.2. The molecule has 3 rings (SSSR count). The molecule has 0 aliphatic carbocycles. The van der Waals surface area contributed by atoms with Gasteiger partial charge in [0.05, 0.1) is 0 Å². The Balaban J connectivity index is 1.74. The van der Waals surface area contributed by atoms with Crippen LogP contribution in [0, 0.1) is 13.8 Å². The monoisotopic (exact) mass is 278 g/mol. The second kappa shape index (κ2) is 4.56. The van der Waals surface area contributed by atoms with E-state index in [2.05, 4.69) is 38.1 Å². The van der Waals surface area contributed by atoms with Crippen molar-refractivity contribution in [3.05, 3.63) is 43.8 Å². The smallest absolute Gasteiger partial charge is 0.0456 e. The third-order valence-electron chi connectivity index (χ3n) is 2.80. The van der Waals surface area contributed by atoms with Crippen molar-refractivity contribution < 1.29 is 0 Å². The molecule has 0 spiro atoms. The zero-order valence-corrected chi connectivity index (χ0v) is 12.4. The van der Waals surface area contributed by atoms with Crippen LogP contribution < -0.4 is 0 Å². The number of thiophene rings is 3. The lowest BCUT2D eigenvalue weighted by Gasteiger charge is -1.94. The number of aryl methyl sites for hydroxylation is 4. The van der Waals surface area contributed by atoms with Crippen LogP contribution in [0.15, 0.2) is 24.3 Å². The van der Waals surface area contributed by atoms with Crippen LogP contribution in [-0.2, 0) is 12.8 Å². The molecule has 3 aromatic heterocycles. The Morgan fingerprint density at radius 2 is 1.53 bits per heavy atom. The summed E-state index contributed by atoms with van der Waals surface area (Å²) in [5, 5.41) is 0. The number of hydrogen-bond donors (Lipinski definition) is 0. The lowest BCUT2D eigenvalue weighted by Crippen LogP contribution is -1.83. The van der Waals surface area contributed by atoms with Crippen LogP contribution in [0.3, 0.4) is 0 Å². The molecule has 0 fully saturated rings. The summed E-state index contributed by atoms with van der Waals surface area (Å²) in [5.74, 6) is 0. The van der Waals surface area contributed by atoms with Gasteiger partial charge in [-0.2, -0.15) is 0 Å². The molecule has 0 N–H and O–H groups in total. The topological polar surface area (TPSA) is 0 Å². The van der Waals surface area contributed by atoms with Gasteiger partial charge in [0, 0.05) is 28.9 Å². The van der Waals surface area contributed by atoms with E-state index in [1.54, 1.807) is 0 Å². The molecule has 0 atom stereocenters. The van der Waals surface area contributed by atoms with E-state index in [0.29, 0.717) is 0 Å². The third kappa shape index (κ3) is 2.46. The van der Waals surface area contributed by atoms with E-state index in [1.165, 1.54) is 41.8 Å². The molecule has 17 heavy (non-hydrogen) atoms. The summed E-state index contributed by atoms with van der Waals surface area (Å²) in [4.78, 5) is 5.88. The molecule has 0 radical (unpaired) electrons. The second-order valence-corrected chi connectivity index (χ2v) is 8.14. The van der Waals surface area contributed by atoms with Crippen LogP contribution >= 0.6 is 34.0 Å². The second-order valence-electron chi connectivity index (χ2n) is 4.31. The highest BCUT2D eigenvalue weighted by Crippen LogP contribution is 2.33. The first-order valence-electron chi connectivity index (χ1n) is 5.75. The zero-order valence-electron chi connectivity index (χ0n) is 9.95. The highest BCUT2D eigenvalue weighted by atomic mass is 32.1. The molecule has 3 aromatic rings. The highest BCUT2D eigenvalue weighted by molar-refractivity contribution is 7.27. The molecular formula is C14H14S3. The Labute approximate surface area is 114 Å². The van der Waals surface area contributed by atoms with Crippen LogP contribution in [0.4, 0.5) is 0 Å². The van der Waals surface area contributed by atoms with Gasteiger partial charge in [-0.15, -0.1) is 34.0 Å². The Kier molecular flexibility index (Phi) is 3.07. The van der Waals surface area contributed by atoms with Gasteiger partial charge in [-0.1, -0.05) is 0 Å². The van der Waals surface area contributed by atoms with Crippen molar-refractivity contribution in [1.29, 1.82) is 0 Å². The Hall–Kier alpha value is -0.640. The van der Waals surface area contributed by atoms with Crippen LogP contribution in [0.1, 0.15) is 19.5 Å². The lowest BCUT2D eigenvalue weighted by molar-refractivity contribution is 1.01. The van der Waals surface area contributed by atoms with Crippen molar-refractivity contribution in [2.45, 2.75) is 26.7 Å². The van der Waals surface area contributed by atoms with Crippen molar-refractivity contribution in [3.8, 4) is 0 Å². The molecule has 88 valence electrons. The fraction of sp³-hybridized carbons (Fsp3) is 0.286.